The fraction of sp³-hybridized carbons (Fsp3) is 0.438. The first-order valence-electron chi connectivity index (χ1n) is 7.79. The molecule has 2 N–H and O–H groups in total. The number of hydrogen-bond acceptors (Lipinski definition) is 4. The van der Waals surface area contributed by atoms with E-state index in [-0.39, 0.29) is 6.42 Å². The number of rotatable bonds is 2. The van der Waals surface area contributed by atoms with Gasteiger partial charge in [0.05, 0.1) is 12.0 Å². The monoisotopic (exact) mass is 355 g/mol. The minimum atomic E-state index is -4.46. The van der Waals surface area contributed by atoms with Crippen molar-refractivity contribution in [3.05, 3.63) is 35.4 Å². The smallest absolute Gasteiger partial charge is 0.317 e. The summed E-state index contributed by atoms with van der Waals surface area (Å²) >= 11 is 0. The van der Waals surface area contributed by atoms with Crippen molar-refractivity contribution in [2.45, 2.75) is 31.0 Å². The summed E-state index contributed by atoms with van der Waals surface area (Å²) in [6, 6.07) is 3.40. The van der Waals surface area contributed by atoms with Gasteiger partial charge in [0, 0.05) is 0 Å². The Morgan fingerprint density at radius 1 is 1.12 bits per heavy atom. The maximum atomic E-state index is 12.6. The second-order valence-electron chi connectivity index (χ2n) is 6.14. The van der Waals surface area contributed by atoms with E-state index >= 15 is 0 Å². The highest BCUT2D eigenvalue weighted by molar-refractivity contribution is 6.14. The fourth-order valence-electron chi connectivity index (χ4n) is 3.27. The Morgan fingerprint density at radius 3 is 2.28 bits per heavy atom. The lowest BCUT2D eigenvalue weighted by Crippen LogP contribution is -2.57. The van der Waals surface area contributed by atoms with E-state index in [0.717, 1.165) is 17.0 Å². The summed E-state index contributed by atoms with van der Waals surface area (Å²) in [5, 5.41) is 5.24. The molecule has 0 saturated carbocycles. The van der Waals surface area contributed by atoms with Crippen LogP contribution in [0, 0.1) is 0 Å². The number of nitrogens with one attached hydrogen (secondary N) is 2. The van der Waals surface area contributed by atoms with Gasteiger partial charge in [-0.15, -0.1) is 0 Å². The molecule has 2 saturated heterocycles. The molecular weight excluding hydrogens is 339 g/mol. The molecule has 2 heterocycles. The normalized spacial score (nSPS) is 20.0. The van der Waals surface area contributed by atoms with Gasteiger partial charge < -0.3 is 5.32 Å². The van der Waals surface area contributed by atoms with E-state index < -0.39 is 35.1 Å². The molecule has 2 aliphatic heterocycles. The maximum Gasteiger partial charge on any atom is 0.416 e. The molecule has 0 atom stereocenters. The molecule has 2 fully saturated rings. The van der Waals surface area contributed by atoms with Gasteiger partial charge in [-0.25, -0.2) is 9.69 Å². The lowest BCUT2D eigenvalue weighted by Gasteiger charge is -2.37. The number of benzene rings is 1. The molecule has 0 aromatic heterocycles. The Kier molecular flexibility index (Phi) is 4.28. The van der Waals surface area contributed by atoms with Gasteiger partial charge in [0.2, 0.25) is 5.91 Å². The summed E-state index contributed by atoms with van der Waals surface area (Å²) in [6.45, 7) is 0.982. The largest absolute Gasteiger partial charge is 0.416 e. The van der Waals surface area contributed by atoms with Gasteiger partial charge in [-0.05, 0) is 43.6 Å². The van der Waals surface area contributed by atoms with Crippen molar-refractivity contribution in [2.24, 2.45) is 0 Å². The quantitative estimate of drug-likeness (QED) is 0.787. The van der Waals surface area contributed by atoms with Crippen molar-refractivity contribution in [3.8, 4) is 0 Å². The van der Waals surface area contributed by atoms with Crippen molar-refractivity contribution >= 4 is 17.8 Å². The first-order valence-corrected chi connectivity index (χ1v) is 7.79. The molecule has 0 unspecified atom stereocenters. The number of halogens is 3. The highest BCUT2D eigenvalue weighted by atomic mass is 19.4. The van der Waals surface area contributed by atoms with Crippen LogP contribution in [0.25, 0.3) is 0 Å². The third-order valence-electron chi connectivity index (χ3n) is 4.59. The number of piperidine rings is 1. The first kappa shape index (κ1) is 17.4. The van der Waals surface area contributed by atoms with E-state index in [4.69, 9.17) is 0 Å². The molecule has 134 valence electrons. The Bertz CT molecular complexity index is 710. The molecular formula is C16H16F3N3O3. The van der Waals surface area contributed by atoms with Crippen molar-refractivity contribution in [2.75, 3.05) is 13.1 Å². The van der Waals surface area contributed by atoms with E-state index in [1.165, 1.54) is 12.1 Å². The van der Waals surface area contributed by atoms with E-state index in [2.05, 4.69) is 10.6 Å². The molecule has 2 aliphatic rings. The lowest BCUT2D eigenvalue weighted by atomic mass is 9.86. The Morgan fingerprint density at radius 2 is 1.72 bits per heavy atom. The number of carbonyl (C=O) groups excluding carboxylic acids is 3. The number of urea groups is 1. The van der Waals surface area contributed by atoms with Crippen LogP contribution in [0.1, 0.15) is 24.0 Å². The van der Waals surface area contributed by atoms with Crippen LogP contribution in [-0.2, 0) is 22.2 Å². The molecule has 1 aromatic rings. The van der Waals surface area contributed by atoms with Crippen LogP contribution in [0.15, 0.2) is 24.3 Å². The first-order chi connectivity index (χ1) is 11.7. The lowest BCUT2D eigenvalue weighted by molar-refractivity contribution is -0.139. The summed E-state index contributed by atoms with van der Waals surface area (Å²) in [5.74, 6) is -1.11. The van der Waals surface area contributed by atoms with E-state index in [1.807, 2.05) is 0 Å². The van der Waals surface area contributed by atoms with Gasteiger partial charge >= 0.3 is 12.2 Å². The predicted octanol–water partition coefficient (Wildman–Crippen LogP) is 1.45. The Balaban J connectivity index is 1.80. The van der Waals surface area contributed by atoms with Crippen LogP contribution < -0.4 is 10.6 Å². The molecule has 4 amide bonds. The summed E-state index contributed by atoms with van der Waals surface area (Å²) in [7, 11) is 0. The van der Waals surface area contributed by atoms with E-state index in [1.54, 1.807) is 0 Å². The average molecular weight is 355 g/mol. The summed E-state index contributed by atoms with van der Waals surface area (Å²) in [5.41, 5.74) is -1.67. The van der Waals surface area contributed by atoms with Gasteiger partial charge in [0.25, 0.3) is 5.91 Å². The number of amides is 4. The van der Waals surface area contributed by atoms with Crippen LogP contribution in [0.2, 0.25) is 0 Å². The molecule has 9 heteroatoms. The zero-order valence-corrected chi connectivity index (χ0v) is 13.2. The molecule has 0 radical (unpaired) electrons. The third kappa shape index (κ3) is 3.11. The van der Waals surface area contributed by atoms with Crippen molar-refractivity contribution in [3.63, 3.8) is 0 Å². The topological polar surface area (TPSA) is 78.5 Å². The van der Waals surface area contributed by atoms with Gasteiger partial charge in [-0.1, -0.05) is 12.1 Å². The Hall–Kier alpha value is -2.42. The van der Waals surface area contributed by atoms with Crippen LogP contribution in [-0.4, -0.2) is 41.4 Å². The standard InChI is InChI=1S/C16H16F3N3O3/c17-16(18,19)11-3-1-10(2-4-11)9-12(23)22-14(25)21-13(24)15(22)5-7-20-8-6-15/h1-4,20H,5-9H2,(H,21,24,25). The van der Waals surface area contributed by atoms with Crippen molar-refractivity contribution in [1.29, 1.82) is 0 Å². The van der Waals surface area contributed by atoms with Crippen molar-refractivity contribution in [1.82, 2.24) is 15.5 Å². The van der Waals surface area contributed by atoms with Crippen LogP contribution in [0.4, 0.5) is 18.0 Å². The molecule has 0 bridgehead atoms. The number of nitrogens with zero attached hydrogens (tertiary/aromatic N) is 1. The molecule has 1 aromatic carbocycles. The molecule has 25 heavy (non-hydrogen) atoms. The molecule has 0 aliphatic carbocycles. The van der Waals surface area contributed by atoms with Gasteiger partial charge in [0.1, 0.15) is 5.54 Å². The van der Waals surface area contributed by atoms with Gasteiger partial charge in [-0.3, -0.25) is 14.9 Å². The van der Waals surface area contributed by atoms with Gasteiger partial charge in [-0.2, -0.15) is 13.2 Å². The van der Waals surface area contributed by atoms with Crippen molar-refractivity contribution < 1.29 is 27.6 Å². The number of hydrogen-bond donors (Lipinski definition) is 2. The number of alkyl halides is 3. The van der Waals surface area contributed by atoms with E-state index in [0.29, 0.717) is 31.5 Å². The average Bonchev–Trinajstić information content (AvgIpc) is 2.78. The summed E-state index contributed by atoms with van der Waals surface area (Å²) in [6.07, 6.45) is -4.09. The zero-order valence-electron chi connectivity index (χ0n) is 13.2. The SMILES string of the molecule is O=C(Cc1ccc(C(F)(F)F)cc1)N1C(=O)NC(=O)C12CCNCC2. The number of carbonyl (C=O) groups is 3. The predicted molar refractivity (Wildman–Crippen MR) is 80.4 cm³/mol. The van der Waals surface area contributed by atoms with Crippen LogP contribution >= 0.6 is 0 Å². The highest BCUT2D eigenvalue weighted by Gasteiger charge is 2.55. The second kappa shape index (κ2) is 6.14. The van der Waals surface area contributed by atoms with Crippen LogP contribution in [0.5, 0.6) is 0 Å². The highest BCUT2D eigenvalue weighted by Crippen LogP contribution is 2.32. The maximum absolute atomic E-state index is 12.6. The van der Waals surface area contributed by atoms with E-state index in [9.17, 15) is 27.6 Å². The van der Waals surface area contributed by atoms with Crippen LogP contribution in [0.3, 0.4) is 0 Å². The summed E-state index contributed by atoms with van der Waals surface area (Å²) in [4.78, 5) is 37.8. The number of imide groups is 2. The molecule has 1 spiro atoms. The molecule has 6 nitrogen and oxygen atoms in total. The fourth-order valence-corrected chi connectivity index (χ4v) is 3.27. The summed E-state index contributed by atoms with van der Waals surface area (Å²) < 4.78 is 37.8. The van der Waals surface area contributed by atoms with Gasteiger partial charge in [0.15, 0.2) is 0 Å². The molecule has 3 rings (SSSR count). The third-order valence-corrected chi connectivity index (χ3v) is 4.59. The second-order valence-corrected chi connectivity index (χ2v) is 6.14. The minimum absolute atomic E-state index is 0.256. The zero-order chi connectivity index (χ0) is 18.2. The Labute approximate surface area is 141 Å². The minimum Gasteiger partial charge on any atom is -0.317 e.